The van der Waals surface area contributed by atoms with E-state index in [2.05, 4.69) is 13.8 Å². The summed E-state index contributed by atoms with van der Waals surface area (Å²) >= 11 is 6.44. The van der Waals surface area contributed by atoms with Gasteiger partial charge in [-0.15, -0.1) is 0 Å². The van der Waals surface area contributed by atoms with E-state index in [4.69, 9.17) is 21.1 Å². The molecule has 0 radical (unpaired) electrons. The molecule has 0 aromatic heterocycles. The van der Waals surface area contributed by atoms with Gasteiger partial charge in [-0.1, -0.05) is 49.7 Å². The summed E-state index contributed by atoms with van der Waals surface area (Å²) in [6.45, 7) is 6.69. The van der Waals surface area contributed by atoms with E-state index in [0.29, 0.717) is 34.4 Å². The van der Waals surface area contributed by atoms with Crippen molar-refractivity contribution >= 4 is 23.3 Å². The maximum absolute atomic E-state index is 14.0. The number of fused-ring (bicyclic) bond motifs is 1. The smallest absolute Gasteiger partial charge is 0.290 e. The second kappa shape index (κ2) is 9.23. The molecule has 184 valence electrons. The Morgan fingerprint density at radius 1 is 1.14 bits per heavy atom. The number of hydrogen-bond acceptors (Lipinski definition) is 5. The molecule has 7 heteroatoms. The predicted octanol–water partition coefficient (Wildman–Crippen LogP) is 5.43. The van der Waals surface area contributed by atoms with Crippen molar-refractivity contribution in [1.82, 2.24) is 4.90 Å². The summed E-state index contributed by atoms with van der Waals surface area (Å²) in [6.07, 6.45) is 1.42. The van der Waals surface area contributed by atoms with Gasteiger partial charge in [0.05, 0.1) is 24.1 Å². The minimum atomic E-state index is -0.658. The number of nitrogens with zero attached hydrogens (tertiary/aromatic N) is 1. The van der Waals surface area contributed by atoms with Gasteiger partial charge in [0.2, 0.25) is 0 Å². The second-order valence-corrected chi connectivity index (χ2v) is 10.3. The van der Waals surface area contributed by atoms with Gasteiger partial charge >= 0.3 is 0 Å². The number of ether oxygens (including phenoxy) is 2. The van der Waals surface area contributed by atoms with Gasteiger partial charge in [0.25, 0.3) is 5.91 Å². The van der Waals surface area contributed by atoms with Gasteiger partial charge < -0.3 is 19.5 Å². The molecule has 1 amide bonds. The van der Waals surface area contributed by atoms with Gasteiger partial charge in [-0.2, -0.15) is 0 Å². The van der Waals surface area contributed by atoms with Crippen molar-refractivity contribution in [2.24, 2.45) is 17.8 Å². The van der Waals surface area contributed by atoms with Crippen LogP contribution in [0.3, 0.4) is 0 Å². The van der Waals surface area contributed by atoms with Crippen molar-refractivity contribution in [2.75, 3.05) is 6.61 Å². The standard InChI is InChI=1S/C28H30ClNO5/c1-4-34-22-13-17(9-10-21(22)31)24-23-25(32)19-12-15(2)11-16(3)26(19)35-27(23)28(33)30(24)14-18-7-5-6-8-20(18)29/h5-10,13,15-16,19,24,26,31H,4,11-12,14H2,1-3H3. The van der Waals surface area contributed by atoms with E-state index in [9.17, 15) is 14.7 Å². The van der Waals surface area contributed by atoms with Crippen LogP contribution in [0.15, 0.2) is 53.8 Å². The van der Waals surface area contributed by atoms with E-state index in [1.54, 1.807) is 29.2 Å². The number of Topliss-reactive ketones (excluding diaryl/α,β-unsaturated/α-hetero) is 1. The molecule has 0 saturated heterocycles. The predicted molar refractivity (Wildman–Crippen MR) is 132 cm³/mol. The molecule has 3 aliphatic rings. The average molecular weight is 496 g/mol. The molecule has 2 aromatic carbocycles. The van der Waals surface area contributed by atoms with Gasteiger partial charge in [-0.05, 0) is 60.9 Å². The van der Waals surface area contributed by atoms with Gasteiger partial charge in [-0.3, -0.25) is 9.59 Å². The van der Waals surface area contributed by atoms with E-state index in [-0.39, 0.29) is 47.7 Å². The van der Waals surface area contributed by atoms with Gasteiger partial charge in [0.15, 0.2) is 23.0 Å². The lowest BCUT2D eigenvalue weighted by molar-refractivity contribution is -0.139. The fraction of sp³-hybridized carbons (Fsp3) is 0.429. The maximum atomic E-state index is 14.0. The van der Waals surface area contributed by atoms with Crippen LogP contribution in [0.5, 0.6) is 11.5 Å². The van der Waals surface area contributed by atoms with Crippen LogP contribution in [-0.4, -0.2) is 34.4 Å². The highest BCUT2D eigenvalue weighted by Gasteiger charge is 2.54. The lowest BCUT2D eigenvalue weighted by Crippen LogP contribution is -2.45. The first-order valence-corrected chi connectivity index (χ1v) is 12.6. The Labute approximate surface area is 210 Å². The Hall–Kier alpha value is -2.99. The van der Waals surface area contributed by atoms with Gasteiger partial charge in [0.1, 0.15) is 6.10 Å². The molecule has 1 fully saturated rings. The molecule has 2 heterocycles. The summed E-state index contributed by atoms with van der Waals surface area (Å²) in [7, 11) is 0. The highest BCUT2D eigenvalue weighted by atomic mass is 35.5. The zero-order valence-corrected chi connectivity index (χ0v) is 20.9. The number of rotatable bonds is 5. The molecule has 1 N–H and O–H groups in total. The van der Waals surface area contributed by atoms with Crippen LogP contribution < -0.4 is 4.74 Å². The summed E-state index contributed by atoms with van der Waals surface area (Å²) in [6, 6.07) is 11.7. The number of amides is 1. The van der Waals surface area contributed by atoms with Crippen molar-refractivity contribution in [3.05, 3.63) is 69.9 Å². The Morgan fingerprint density at radius 3 is 2.66 bits per heavy atom. The van der Waals surface area contributed by atoms with Crippen molar-refractivity contribution in [3.8, 4) is 11.5 Å². The Morgan fingerprint density at radius 2 is 1.91 bits per heavy atom. The second-order valence-electron chi connectivity index (χ2n) is 9.94. The van der Waals surface area contributed by atoms with Gasteiger partial charge in [-0.25, -0.2) is 0 Å². The fourth-order valence-electron chi connectivity index (χ4n) is 5.91. The van der Waals surface area contributed by atoms with E-state index < -0.39 is 6.04 Å². The summed E-state index contributed by atoms with van der Waals surface area (Å²) in [5.74, 6) is 0.471. The minimum absolute atomic E-state index is 0.00740. The quantitative estimate of drug-likeness (QED) is 0.598. The van der Waals surface area contributed by atoms with Crippen LogP contribution in [0, 0.1) is 17.8 Å². The first kappa shape index (κ1) is 23.7. The van der Waals surface area contributed by atoms with Crippen molar-refractivity contribution in [2.45, 2.75) is 52.3 Å². The van der Waals surface area contributed by atoms with Crippen LogP contribution in [0.1, 0.15) is 50.8 Å². The highest BCUT2D eigenvalue weighted by Crippen LogP contribution is 2.50. The van der Waals surface area contributed by atoms with Crippen LogP contribution in [-0.2, 0) is 20.9 Å². The van der Waals surface area contributed by atoms with Crippen LogP contribution in [0.4, 0.5) is 0 Å². The number of carbonyl (C=O) groups is 2. The number of halogens is 1. The molecule has 5 rings (SSSR count). The molecule has 1 aliphatic carbocycles. The molecular formula is C28H30ClNO5. The topological polar surface area (TPSA) is 76.1 Å². The highest BCUT2D eigenvalue weighted by molar-refractivity contribution is 6.31. The van der Waals surface area contributed by atoms with Crippen LogP contribution >= 0.6 is 11.6 Å². The number of aromatic hydroxyl groups is 1. The number of carbonyl (C=O) groups excluding carboxylic acids is 2. The minimum Gasteiger partial charge on any atom is -0.504 e. The SMILES string of the molecule is CCOc1cc(C2C3=C(OC4C(C)CC(C)CC4C3=O)C(=O)N2Cc2ccccc2Cl)ccc1O. The van der Waals surface area contributed by atoms with Crippen LogP contribution in [0.25, 0.3) is 0 Å². The Kier molecular flexibility index (Phi) is 6.26. The molecule has 5 unspecified atom stereocenters. The summed E-state index contributed by atoms with van der Waals surface area (Å²) in [4.78, 5) is 29.4. The molecule has 6 nitrogen and oxygen atoms in total. The lowest BCUT2D eigenvalue weighted by atomic mass is 9.70. The molecule has 0 spiro atoms. The number of phenolic OH excluding ortho intramolecular Hbond substituents is 1. The van der Waals surface area contributed by atoms with Crippen LogP contribution in [0.2, 0.25) is 5.02 Å². The first-order chi connectivity index (χ1) is 16.8. The zero-order chi connectivity index (χ0) is 24.9. The normalized spacial score (nSPS) is 28.0. The van der Waals surface area contributed by atoms with Crippen molar-refractivity contribution in [3.63, 3.8) is 0 Å². The maximum Gasteiger partial charge on any atom is 0.290 e. The van der Waals surface area contributed by atoms with Crippen molar-refractivity contribution < 1.29 is 24.2 Å². The monoisotopic (exact) mass is 495 g/mol. The number of hydrogen-bond donors (Lipinski definition) is 1. The molecule has 2 aliphatic heterocycles. The number of ketones is 1. The lowest BCUT2D eigenvalue weighted by Gasteiger charge is -2.41. The summed E-state index contributed by atoms with van der Waals surface area (Å²) in [5, 5.41) is 10.8. The zero-order valence-electron chi connectivity index (χ0n) is 20.2. The number of benzene rings is 2. The third-order valence-electron chi connectivity index (χ3n) is 7.43. The van der Waals surface area contributed by atoms with E-state index in [1.807, 2.05) is 25.1 Å². The largest absolute Gasteiger partial charge is 0.504 e. The van der Waals surface area contributed by atoms with Crippen molar-refractivity contribution in [1.29, 1.82) is 0 Å². The molecular weight excluding hydrogens is 466 g/mol. The van der Waals surface area contributed by atoms with Gasteiger partial charge in [0, 0.05) is 11.6 Å². The first-order valence-electron chi connectivity index (χ1n) is 12.2. The molecule has 1 saturated carbocycles. The fourth-order valence-corrected chi connectivity index (χ4v) is 6.11. The summed E-state index contributed by atoms with van der Waals surface area (Å²) in [5.41, 5.74) is 1.87. The molecule has 2 aromatic rings. The molecule has 0 bridgehead atoms. The molecule has 5 atom stereocenters. The molecule has 35 heavy (non-hydrogen) atoms. The van der Waals surface area contributed by atoms with E-state index >= 15 is 0 Å². The third-order valence-corrected chi connectivity index (χ3v) is 7.80. The third kappa shape index (κ3) is 4.08. The Balaban J connectivity index is 1.62. The van der Waals surface area contributed by atoms with E-state index in [1.165, 1.54) is 0 Å². The average Bonchev–Trinajstić information content (AvgIpc) is 3.10. The number of phenols is 1. The summed E-state index contributed by atoms with van der Waals surface area (Å²) < 4.78 is 12.0. The Bertz CT molecular complexity index is 1210. The van der Waals surface area contributed by atoms with E-state index in [0.717, 1.165) is 18.4 Å².